The second-order valence-electron chi connectivity index (χ2n) is 7.09. The van der Waals surface area contributed by atoms with Gasteiger partial charge in [-0.2, -0.15) is 9.97 Å². The second-order valence-corrected chi connectivity index (χ2v) is 7.09. The first-order chi connectivity index (χ1) is 13.7. The number of fused-ring (bicyclic) bond motifs is 3. The lowest BCUT2D eigenvalue weighted by molar-refractivity contribution is 0.158. The third-order valence-electron chi connectivity index (χ3n) is 5.19. The molecule has 1 amide bonds. The fourth-order valence-electron chi connectivity index (χ4n) is 3.73. The zero-order valence-electron chi connectivity index (χ0n) is 15.0. The Labute approximate surface area is 160 Å². The molecule has 28 heavy (non-hydrogen) atoms. The molecule has 1 saturated carbocycles. The highest BCUT2D eigenvalue weighted by atomic mass is 16.5. The van der Waals surface area contributed by atoms with Crippen LogP contribution in [0, 0.1) is 0 Å². The van der Waals surface area contributed by atoms with Crippen LogP contribution in [0.1, 0.15) is 41.6 Å². The Kier molecular flexibility index (Phi) is 3.93. The minimum Gasteiger partial charge on any atom is -0.448 e. The molecule has 0 unspecified atom stereocenters. The molecule has 0 atom stereocenters. The lowest BCUT2D eigenvalue weighted by Crippen LogP contribution is -2.23. The van der Waals surface area contributed by atoms with Gasteiger partial charge in [0.25, 0.3) is 0 Å². The molecule has 140 valence electrons. The SMILES string of the molecule is O=C(Nc1nc(C2CC2)[nH]c(=O)n1)OCC1c2ccccc2-c2ccccc21. The van der Waals surface area contributed by atoms with Gasteiger partial charge in [0.1, 0.15) is 12.4 Å². The molecule has 5 rings (SSSR count). The molecule has 0 spiro atoms. The highest BCUT2D eigenvalue weighted by molar-refractivity contribution is 5.83. The molecule has 0 aliphatic heterocycles. The second kappa shape index (κ2) is 6.60. The van der Waals surface area contributed by atoms with Gasteiger partial charge in [-0.05, 0) is 35.1 Å². The maximum absolute atomic E-state index is 12.3. The number of carbonyl (C=O) groups excluding carboxylic acids is 1. The first kappa shape index (κ1) is 16.7. The highest BCUT2D eigenvalue weighted by Crippen LogP contribution is 2.44. The van der Waals surface area contributed by atoms with Gasteiger partial charge in [-0.1, -0.05) is 48.5 Å². The minimum absolute atomic E-state index is 0.0251. The number of hydrogen-bond acceptors (Lipinski definition) is 5. The molecule has 2 aliphatic carbocycles. The molecular formula is C21H18N4O3. The standard InChI is InChI=1S/C21H18N4O3/c26-20-23-18(12-9-10-12)22-19(24-20)25-21(27)28-11-17-15-7-3-1-5-13(15)14-6-2-4-8-16(14)17/h1-8,12,17H,9-11H2,(H2,22,23,24,25,26,27). The Morgan fingerprint density at radius 3 is 2.32 bits per heavy atom. The van der Waals surface area contributed by atoms with Gasteiger partial charge in [0.05, 0.1) is 0 Å². The number of carbonyl (C=O) groups is 1. The summed E-state index contributed by atoms with van der Waals surface area (Å²) in [6.45, 7) is 0.193. The molecule has 1 aromatic heterocycles. The Hall–Kier alpha value is -3.48. The van der Waals surface area contributed by atoms with Crippen LogP contribution in [0.4, 0.5) is 10.7 Å². The van der Waals surface area contributed by atoms with Gasteiger partial charge < -0.3 is 4.74 Å². The van der Waals surface area contributed by atoms with Gasteiger partial charge in [-0.3, -0.25) is 10.3 Å². The average molecular weight is 374 g/mol. The number of benzene rings is 2. The van der Waals surface area contributed by atoms with Crippen LogP contribution in [-0.4, -0.2) is 27.7 Å². The fourth-order valence-corrected chi connectivity index (χ4v) is 3.73. The molecule has 2 N–H and O–H groups in total. The van der Waals surface area contributed by atoms with Crippen molar-refractivity contribution in [3.8, 4) is 11.1 Å². The zero-order valence-corrected chi connectivity index (χ0v) is 15.0. The average Bonchev–Trinajstić information content (AvgIpc) is 3.49. The molecule has 0 radical (unpaired) electrons. The lowest BCUT2D eigenvalue weighted by Gasteiger charge is -2.14. The normalized spacial score (nSPS) is 15.0. The molecule has 0 bridgehead atoms. The zero-order chi connectivity index (χ0) is 19.1. The van der Waals surface area contributed by atoms with E-state index in [0.717, 1.165) is 24.0 Å². The number of hydrogen-bond donors (Lipinski definition) is 2. The van der Waals surface area contributed by atoms with Crippen molar-refractivity contribution in [3.05, 3.63) is 76.0 Å². The van der Waals surface area contributed by atoms with Crippen molar-refractivity contribution in [1.82, 2.24) is 15.0 Å². The predicted octanol–water partition coefficient (Wildman–Crippen LogP) is 3.40. The van der Waals surface area contributed by atoms with Gasteiger partial charge in [-0.25, -0.2) is 9.59 Å². The van der Waals surface area contributed by atoms with Crippen molar-refractivity contribution in [2.75, 3.05) is 11.9 Å². The lowest BCUT2D eigenvalue weighted by atomic mass is 9.98. The van der Waals surface area contributed by atoms with Crippen LogP contribution >= 0.6 is 0 Å². The quantitative estimate of drug-likeness (QED) is 0.729. The molecule has 2 aliphatic rings. The number of anilines is 1. The number of amides is 1. The van der Waals surface area contributed by atoms with Gasteiger partial charge >= 0.3 is 11.8 Å². The minimum atomic E-state index is -0.672. The summed E-state index contributed by atoms with van der Waals surface area (Å²) in [6.07, 6.45) is 1.29. The number of aromatic amines is 1. The number of rotatable bonds is 4. The summed E-state index contributed by atoms with van der Waals surface area (Å²) < 4.78 is 5.46. The molecule has 0 saturated heterocycles. The summed E-state index contributed by atoms with van der Waals surface area (Å²) >= 11 is 0. The molecular weight excluding hydrogens is 356 g/mol. The van der Waals surface area contributed by atoms with Crippen molar-refractivity contribution in [2.45, 2.75) is 24.7 Å². The van der Waals surface area contributed by atoms with E-state index >= 15 is 0 Å². The predicted molar refractivity (Wildman–Crippen MR) is 103 cm³/mol. The van der Waals surface area contributed by atoms with E-state index in [1.807, 2.05) is 24.3 Å². The maximum atomic E-state index is 12.3. The van der Waals surface area contributed by atoms with Crippen LogP contribution < -0.4 is 11.0 Å². The first-order valence-corrected chi connectivity index (χ1v) is 9.29. The van der Waals surface area contributed by atoms with E-state index in [0.29, 0.717) is 5.82 Å². The van der Waals surface area contributed by atoms with Crippen LogP contribution in [0.15, 0.2) is 53.3 Å². The summed E-state index contributed by atoms with van der Waals surface area (Å²) in [5.41, 5.74) is 4.09. The molecule has 7 nitrogen and oxygen atoms in total. The summed E-state index contributed by atoms with van der Waals surface area (Å²) in [5, 5.41) is 2.47. The summed E-state index contributed by atoms with van der Waals surface area (Å²) in [5.74, 6) is 0.760. The molecule has 2 aromatic carbocycles. The Bertz CT molecular complexity index is 1070. The Morgan fingerprint density at radius 1 is 1.04 bits per heavy atom. The summed E-state index contributed by atoms with van der Waals surface area (Å²) in [6, 6.07) is 16.3. The molecule has 1 heterocycles. The van der Waals surface area contributed by atoms with E-state index in [9.17, 15) is 9.59 Å². The number of aromatic nitrogens is 3. The number of nitrogens with zero attached hydrogens (tertiary/aromatic N) is 2. The van der Waals surface area contributed by atoms with E-state index < -0.39 is 11.8 Å². The molecule has 7 heteroatoms. The van der Waals surface area contributed by atoms with E-state index in [1.165, 1.54) is 11.1 Å². The smallest absolute Gasteiger partial charge is 0.414 e. The van der Waals surface area contributed by atoms with Crippen molar-refractivity contribution in [1.29, 1.82) is 0 Å². The largest absolute Gasteiger partial charge is 0.448 e. The summed E-state index contributed by atoms with van der Waals surface area (Å²) in [4.78, 5) is 34.5. The van der Waals surface area contributed by atoms with E-state index in [2.05, 4.69) is 44.5 Å². The van der Waals surface area contributed by atoms with E-state index in [1.54, 1.807) is 0 Å². The monoisotopic (exact) mass is 374 g/mol. The van der Waals surface area contributed by atoms with Crippen LogP contribution in [0.5, 0.6) is 0 Å². The number of H-pyrrole nitrogens is 1. The van der Waals surface area contributed by atoms with Gasteiger partial charge in [0.15, 0.2) is 0 Å². The van der Waals surface area contributed by atoms with Gasteiger partial charge in [0.2, 0.25) is 5.95 Å². The number of ether oxygens (including phenoxy) is 1. The molecule has 1 fully saturated rings. The van der Waals surface area contributed by atoms with Gasteiger partial charge in [0, 0.05) is 11.8 Å². The van der Waals surface area contributed by atoms with Crippen molar-refractivity contribution in [2.24, 2.45) is 0 Å². The van der Waals surface area contributed by atoms with Crippen molar-refractivity contribution >= 4 is 12.0 Å². The van der Waals surface area contributed by atoms with E-state index in [-0.39, 0.29) is 24.4 Å². The van der Waals surface area contributed by atoms with Crippen molar-refractivity contribution in [3.63, 3.8) is 0 Å². The summed E-state index contributed by atoms with van der Waals surface area (Å²) in [7, 11) is 0. The number of nitrogens with one attached hydrogen (secondary N) is 2. The van der Waals surface area contributed by atoms with Crippen LogP contribution in [-0.2, 0) is 4.74 Å². The third kappa shape index (κ3) is 3.05. The maximum Gasteiger partial charge on any atom is 0.414 e. The first-order valence-electron chi connectivity index (χ1n) is 9.29. The topological polar surface area (TPSA) is 97.0 Å². The Morgan fingerprint density at radius 2 is 1.68 bits per heavy atom. The van der Waals surface area contributed by atoms with E-state index in [4.69, 9.17) is 4.74 Å². The molecule has 3 aromatic rings. The van der Waals surface area contributed by atoms with Crippen LogP contribution in [0.2, 0.25) is 0 Å². The van der Waals surface area contributed by atoms with Crippen LogP contribution in [0.25, 0.3) is 11.1 Å². The third-order valence-corrected chi connectivity index (χ3v) is 5.19. The Balaban J connectivity index is 1.31. The highest BCUT2D eigenvalue weighted by Gasteiger charge is 2.29. The van der Waals surface area contributed by atoms with Gasteiger partial charge in [-0.15, -0.1) is 0 Å². The fraction of sp³-hybridized carbons (Fsp3) is 0.238. The van der Waals surface area contributed by atoms with Crippen LogP contribution in [0.3, 0.4) is 0 Å². The van der Waals surface area contributed by atoms with Crippen molar-refractivity contribution < 1.29 is 9.53 Å².